The van der Waals surface area contributed by atoms with E-state index in [1.54, 1.807) is 0 Å². The largest absolute Gasteiger partial charge is 0.340 e. The Bertz CT molecular complexity index is 433. The second kappa shape index (κ2) is 5.07. The zero-order chi connectivity index (χ0) is 12.4. The van der Waals surface area contributed by atoms with Crippen molar-refractivity contribution in [1.82, 2.24) is 10.2 Å². The fraction of sp³-hybridized carbons (Fsp3) is 0.462. The van der Waals surface area contributed by atoms with E-state index in [0.717, 1.165) is 18.0 Å². The molecule has 92 valence electrons. The molecule has 0 saturated carbocycles. The van der Waals surface area contributed by atoms with Crippen LogP contribution in [0.25, 0.3) is 0 Å². The van der Waals surface area contributed by atoms with Crippen molar-refractivity contribution in [2.45, 2.75) is 19.4 Å². The van der Waals surface area contributed by atoms with Crippen LogP contribution in [-0.4, -0.2) is 37.0 Å². The molecule has 1 heterocycles. The lowest BCUT2D eigenvalue weighted by Gasteiger charge is -2.33. The molecule has 1 unspecified atom stereocenters. The van der Waals surface area contributed by atoms with Crippen LogP contribution < -0.4 is 5.32 Å². The van der Waals surface area contributed by atoms with E-state index in [9.17, 15) is 4.79 Å². The van der Waals surface area contributed by atoms with Crippen molar-refractivity contribution in [3.63, 3.8) is 0 Å². The third-order valence-corrected chi connectivity index (χ3v) is 3.60. The van der Waals surface area contributed by atoms with Crippen molar-refractivity contribution < 1.29 is 4.79 Å². The summed E-state index contributed by atoms with van der Waals surface area (Å²) >= 11 is 6.00. The van der Waals surface area contributed by atoms with Gasteiger partial charge in [0.05, 0.1) is 6.54 Å². The molecule has 1 atom stereocenters. The van der Waals surface area contributed by atoms with Gasteiger partial charge >= 0.3 is 0 Å². The Balaban J connectivity index is 2.14. The van der Waals surface area contributed by atoms with Crippen LogP contribution in [0.1, 0.15) is 11.1 Å². The number of aryl methyl sites for hydroxylation is 1. The van der Waals surface area contributed by atoms with Crippen LogP contribution in [0.15, 0.2) is 18.2 Å². The molecule has 0 aromatic heterocycles. The van der Waals surface area contributed by atoms with Gasteiger partial charge in [-0.3, -0.25) is 4.79 Å². The molecule has 0 spiro atoms. The van der Waals surface area contributed by atoms with E-state index in [1.165, 1.54) is 11.1 Å². The smallest absolute Gasteiger partial charge is 0.236 e. The second-order valence-corrected chi connectivity index (χ2v) is 5.00. The first-order chi connectivity index (χ1) is 8.08. The molecule has 1 amide bonds. The lowest BCUT2D eigenvalue weighted by Crippen LogP contribution is -2.53. The number of hydrogen-bond donors (Lipinski definition) is 1. The maximum absolute atomic E-state index is 11.6. The number of piperazine rings is 1. The molecule has 1 aromatic carbocycles. The first kappa shape index (κ1) is 12.4. The average Bonchev–Trinajstić information content (AvgIpc) is 2.30. The van der Waals surface area contributed by atoms with Crippen molar-refractivity contribution in [2.75, 3.05) is 20.1 Å². The van der Waals surface area contributed by atoms with Crippen molar-refractivity contribution in [3.05, 3.63) is 34.3 Å². The number of nitrogens with one attached hydrogen (secondary N) is 1. The van der Waals surface area contributed by atoms with E-state index in [1.807, 2.05) is 30.1 Å². The maximum atomic E-state index is 11.6. The van der Waals surface area contributed by atoms with Crippen LogP contribution in [0.2, 0.25) is 5.02 Å². The van der Waals surface area contributed by atoms with Crippen LogP contribution in [0, 0.1) is 6.92 Å². The number of hydrogen-bond acceptors (Lipinski definition) is 2. The van der Waals surface area contributed by atoms with Crippen molar-refractivity contribution in [2.24, 2.45) is 0 Å². The van der Waals surface area contributed by atoms with Crippen LogP contribution in [-0.2, 0) is 11.2 Å². The van der Waals surface area contributed by atoms with Gasteiger partial charge in [0.1, 0.15) is 0 Å². The Morgan fingerprint density at radius 1 is 1.53 bits per heavy atom. The summed E-state index contributed by atoms with van der Waals surface area (Å²) in [4.78, 5) is 13.4. The molecule has 0 bridgehead atoms. The van der Waals surface area contributed by atoms with E-state index in [-0.39, 0.29) is 11.9 Å². The molecular formula is C13H17ClN2O. The fourth-order valence-corrected chi connectivity index (χ4v) is 2.33. The van der Waals surface area contributed by atoms with Gasteiger partial charge in [-0.25, -0.2) is 0 Å². The molecule has 0 aliphatic carbocycles. The molecule has 4 heteroatoms. The number of halogens is 1. The number of rotatable bonds is 2. The Morgan fingerprint density at radius 2 is 2.29 bits per heavy atom. The standard InChI is InChI=1S/C13H17ClN2O/c1-9-3-4-11(14)5-10(9)6-12-7-15-8-13(17)16(12)2/h3-5,12,15H,6-8H2,1-2H3. The zero-order valence-electron chi connectivity index (χ0n) is 10.2. The summed E-state index contributed by atoms with van der Waals surface area (Å²) < 4.78 is 0. The number of likely N-dealkylation sites (N-methyl/N-ethyl adjacent to an activating group) is 1. The van der Waals surface area contributed by atoms with Crippen LogP contribution >= 0.6 is 11.6 Å². The predicted octanol–water partition coefficient (Wildman–Crippen LogP) is 1.62. The SMILES string of the molecule is Cc1ccc(Cl)cc1CC1CNCC(=O)N1C. The minimum Gasteiger partial charge on any atom is -0.340 e. The van der Waals surface area contributed by atoms with Crippen LogP contribution in [0.4, 0.5) is 0 Å². The number of nitrogens with zero attached hydrogens (tertiary/aromatic N) is 1. The minimum atomic E-state index is 0.154. The summed E-state index contributed by atoms with van der Waals surface area (Å²) in [6.45, 7) is 3.36. The quantitative estimate of drug-likeness (QED) is 0.868. The monoisotopic (exact) mass is 252 g/mol. The molecule has 1 aliphatic heterocycles. The van der Waals surface area contributed by atoms with Gasteiger partial charge in [0.2, 0.25) is 5.91 Å². The van der Waals surface area contributed by atoms with E-state index < -0.39 is 0 Å². The predicted molar refractivity (Wildman–Crippen MR) is 69.3 cm³/mol. The summed E-state index contributed by atoms with van der Waals surface area (Å²) in [6.07, 6.45) is 0.849. The molecule has 1 aromatic rings. The summed E-state index contributed by atoms with van der Waals surface area (Å²) in [5.74, 6) is 0.154. The Morgan fingerprint density at radius 3 is 3.06 bits per heavy atom. The van der Waals surface area contributed by atoms with Gasteiger partial charge in [-0.15, -0.1) is 0 Å². The van der Waals surface area contributed by atoms with E-state index in [2.05, 4.69) is 12.2 Å². The highest BCUT2D eigenvalue weighted by atomic mass is 35.5. The third kappa shape index (κ3) is 2.79. The highest BCUT2D eigenvalue weighted by Crippen LogP contribution is 2.18. The van der Waals surface area contributed by atoms with Gasteiger partial charge in [-0.1, -0.05) is 17.7 Å². The number of carbonyl (C=O) groups is 1. The zero-order valence-corrected chi connectivity index (χ0v) is 10.9. The van der Waals surface area contributed by atoms with Crippen molar-refractivity contribution >= 4 is 17.5 Å². The van der Waals surface area contributed by atoms with Gasteiger partial charge in [-0.2, -0.15) is 0 Å². The van der Waals surface area contributed by atoms with Gasteiger partial charge < -0.3 is 10.2 Å². The van der Waals surface area contributed by atoms with Gasteiger partial charge in [0.15, 0.2) is 0 Å². The van der Waals surface area contributed by atoms with Crippen LogP contribution in [0.5, 0.6) is 0 Å². The summed E-state index contributed by atoms with van der Waals surface area (Å²) in [5, 5.41) is 3.90. The molecule has 0 radical (unpaired) electrons. The molecule has 1 aliphatic rings. The topological polar surface area (TPSA) is 32.3 Å². The molecular weight excluding hydrogens is 236 g/mol. The third-order valence-electron chi connectivity index (χ3n) is 3.36. The molecule has 1 N–H and O–H groups in total. The van der Waals surface area contributed by atoms with E-state index >= 15 is 0 Å². The number of carbonyl (C=O) groups excluding carboxylic acids is 1. The number of amides is 1. The fourth-order valence-electron chi connectivity index (χ4n) is 2.13. The van der Waals surface area contributed by atoms with Gasteiger partial charge in [-0.05, 0) is 36.6 Å². The Hall–Kier alpha value is -1.06. The first-order valence-electron chi connectivity index (χ1n) is 5.79. The van der Waals surface area contributed by atoms with Crippen molar-refractivity contribution in [3.8, 4) is 0 Å². The van der Waals surface area contributed by atoms with Gasteiger partial charge in [0.25, 0.3) is 0 Å². The summed E-state index contributed by atoms with van der Waals surface area (Å²) in [7, 11) is 1.87. The minimum absolute atomic E-state index is 0.154. The molecule has 1 saturated heterocycles. The van der Waals surface area contributed by atoms with E-state index in [0.29, 0.717) is 6.54 Å². The maximum Gasteiger partial charge on any atom is 0.236 e. The lowest BCUT2D eigenvalue weighted by atomic mass is 9.99. The highest BCUT2D eigenvalue weighted by molar-refractivity contribution is 6.30. The van der Waals surface area contributed by atoms with E-state index in [4.69, 9.17) is 11.6 Å². The molecule has 17 heavy (non-hydrogen) atoms. The lowest BCUT2D eigenvalue weighted by molar-refractivity contribution is -0.133. The van der Waals surface area contributed by atoms with Crippen molar-refractivity contribution in [1.29, 1.82) is 0 Å². The first-order valence-corrected chi connectivity index (χ1v) is 6.17. The highest BCUT2D eigenvalue weighted by Gasteiger charge is 2.24. The second-order valence-electron chi connectivity index (χ2n) is 4.56. The Kier molecular flexibility index (Phi) is 3.69. The summed E-state index contributed by atoms with van der Waals surface area (Å²) in [6, 6.07) is 6.13. The molecule has 2 rings (SSSR count). The molecule has 3 nitrogen and oxygen atoms in total. The summed E-state index contributed by atoms with van der Waals surface area (Å²) in [5.41, 5.74) is 2.44. The normalized spacial score (nSPS) is 20.8. The average molecular weight is 253 g/mol. The van der Waals surface area contributed by atoms with Gasteiger partial charge in [0, 0.05) is 24.7 Å². The van der Waals surface area contributed by atoms with Crippen LogP contribution in [0.3, 0.4) is 0 Å². The Labute approximate surface area is 107 Å². The molecule has 1 fully saturated rings. The number of benzene rings is 1.